The topological polar surface area (TPSA) is 57.4 Å². The van der Waals surface area contributed by atoms with Gasteiger partial charge in [-0.15, -0.1) is 0 Å². The van der Waals surface area contributed by atoms with Crippen LogP contribution in [0.15, 0.2) is 48.5 Å². The molecule has 0 saturated carbocycles. The van der Waals surface area contributed by atoms with E-state index >= 15 is 0 Å². The van der Waals surface area contributed by atoms with Gasteiger partial charge in [-0.25, -0.2) is 4.79 Å². The number of aromatic amines is 1. The monoisotopic (exact) mass is 377 g/mol. The van der Waals surface area contributed by atoms with Gasteiger partial charge in [0, 0.05) is 29.7 Å². The van der Waals surface area contributed by atoms with Crippen LogP contribution in [0.2, 0.25) is 0 Å². The number of urea groups is 1. The van der Waals surface area contributed by atoms with Crippen LogP contribution in [0.1, 0.15) is 42.6 Å². The van der Waals surface area contributed by atoms with Crippen LogP contribution in [0, 0.1) is 0 Å². The highest BCUT2D eigenvalue weighted by Gasteiger charge is 2.34. The zero-order valence-electron chi connectivity index (χ0n) is 16.5. The molecule has 2 heterocycles. The molecule has 1 aliphatic heterocycles. The van der Waals surface area contributed by atoms with E-state index in [9.17, 15) is 4.79 Å². The van der Waals surface area contributed by atoms with Gasteiger partial charge in [0.05, 0.1) is 13.2 Å². The van der Waals surface area contributed by atoms with Gasteiger partial charge in [0.1, 0.15) is 5.75 Å². The van der Waals surface area contributed by atoms with Gasteiger partial charge in [0.2, 0.25) is 0 Å². The first-order valence-electron chi connectivity index (χ1n) is 10.0. The minimum Gasteiger partial charge on any atom is -0.497 e. The molecule has 0 bridgehead atoms. The Morgan fingerprint density at radius 2 is 2.07 bits per heavy atom. The molecular weight excluding hydrogens is 350 g/mol. The quantitative estimate of drug-likeness (QED) is 0.637. The van der Waals surface area contributed by atoms with E-state index < -0.39 is 0 Å². The number of methoxy groups -OCH3 is 1. The average molecular weight is 377 g/mol. The molecule has 3 aromatic rings. The van der Waals surface area contributed by atoms with E-state index in [1.165, 1.54) is 10.9 Å². The van der Waals surface area contributed by atoms with E-state index in [-0.39, 0.29) is 12.1 Å². The van der Waals surface area contributed by atoms with E-state index in [2.05, 4.69) is 41.5 Å². The molecule has 0 spiro atoms. The molecule has 0 radical (unpaired) electrons. The van der Waals surface area contributed by atoms with Crippen molar-refractivity contribution in [1.82, 2.24) is 15.2 Å². The maximum atomic E-state index is 13.0. The number of benzene rings is 2. The van der Waals surface area contributed by atoms with Crippen molar-refractivity contribution in [2.45, 2.75) is 32.2 Å². The number of ether oxygens (including phenoxy) is 1. The average Bonchev–Trinajstić information content (AvgIpc) is 3.11. The number of unbranched alkanes of at least 4 members (excludes halogenated alkanes) is 1. The molecule has 0 saturated heterocycles. The Morgan fingerprint density at radius 1 is 1.25 bits per heavy atom. The molecule has 2 aromatic carbocycles. The first kappa shape index (κ1) is 18.4. The number of hydrogen-bond acceptors (Lipinski definition) is 2. The van der Waals surface area contributed by atoms with Crippen molar-refractivity contribution in [3.8, 4) is 5.75 Å². The Bertz CT molecular complexity index is 965. The Balaban J connectivity index is 1.77. The number of nitrogens with zero attached hydrogens (tertiary/aromatic N) is 1. The standard InChI is InChI=1S/C23H27N3O2/c1-3-4-13-24-23(27)26-14-12-18-19-15-17(28-2)10-11-20(19)25-21(18)22(26)16-8-6-5-7-9-16/h5-11,15,22,25H,3-4,12-14H2,1-2H3,(H,24,27)/t22-/m1/s1. The molecule has 1 aliphatic rings. The fourth-order valence-corrected chi connectivity index (χ4v) is 4.07. The van der Waals surface area contributed by atoms with Crippen molar-refractivity contribution in [2.75, 3.05) is 20.2 Å². The summed E-state index contributed by atoms with van der Waals surface area (Å²) < 4.78 is 5.42. The van der Waals surface area contributed by atoms with E-state index in [4.69, 9.17) is 4.74 Å². The third-order valence-corrected chi connectivity index (χ3v) is 5.52. The summed E-state index contributed by atoms with van der Waals surface area (Å²) in [4.78, 5) is 18.5. The summed E-state index contributed by atoms with van der Waals surface area (Å²) >= 11 is 0. The molecule has 0 fully saturated rings. The molecule has 4 rings (SSSR count). The number of rotatable bonds is 5. The Hall–Kier alpha value is -2.95. The van der Waals surface area contributed by atoms with Crippen molar-refractivity contribution in [3.05, 3.63) is 65.4 Å². The van der Waals surface area contributed by atoms with E-state index in [0.717, 1.165) is 41.8 Å². The van der Waals surface area contributed by atoms with E-state index in [1.54, 1.807) is 7.11 Å². The smallest absolute Gasteiger partial charge is 0.318 e. The van der Waals surface area contributed by atoms with Gasteiger partial charge in [-0.1, -0.05) is 43.7 Å². The highest BCUT2D eigenvalue weighted by molar-refractivity contribution is 5.87. The van der Waals surface area contributed by atoms with E-state index in [1.807, 2.05) is 29.2 Å². The third-order valence-electron chi connectivity index (χ3n) is 5.52. The van der Waals surface area contributed by atoms with Crippen molar-refractivity contribution >= 4 is 16.9 Å². The number of carbonyl (C=O) groups excluding carboxylic acids is 1. The second-order valence-corrected chi connectivity index (χ2v) is 7.27. The number of aromatic nitrogens is 1. The number of hydrogen-bond donors (Lipinski definition) is 2. The lowest BCUT2D eigenvalue weighted by Crippen LogP contribution is -2.46. The van der Waals surface area contributed by atoms with Gasteiger partial charge in [-0.3, -0.25) is 0 Å². The summed E-state index contributed by atoms with van der Waals surface area (Å²) in [6.45, 7) is 3.53. The molecular formula is C23H27N3O2. The number of carbonyl (C=O) groups is 1. The molecule has 0 aliphatic carbocycles. The molecule has 0 unspecified atom stereocenters. The third kappa shape index (κ3) is 3.33. The predicted molar refractivity (Wildman–Crippen MR) is 112 cm³/mol. The Labute approximate surface area is 165 Å². The zero-order chi connectivity index (χ0) is 19.5. The lowest BCUT2D eigenvalue weighted by molar-refractivity contribution is 0.179. The summed E-state index contributed by atoms with van der Waals surface area (Å²) in [6, 6.07) is 16.3. The molecule has 5 heteroatoms. The summed E-state index contributed by atoms with van der Waals surface area (Å²) in [7, 11) is 1.69. The largest absolute Gasteiger partial charge is 0.497 e. The van der Waals surface area contributed by atoms with Gasteiger partial charge < -0.3 is 19.9 Å². The zero-order valence-corrected chi connectivity index (χ0v) is 16.5. The second-order valence-electron chi connectivity index (χ2n) is 7.27. The normalized spacial score (nSPS) is 16.1. The minimum atomic E-state index is -0.120. The molecule has 5 nitrogen and oxygen atoms in total. The molecule has 2 N–H and O–H groups in total. The van der Waals surface area contributed by atoms with Crippen LogP contribution in [0.4, 0.5) is 4.79 Å². The molecule has 146 valence electrons. The summed E-state index contributed by atoms with van der Waals surface area (Å²) in [6.07, 6.45) is 2.89. The molecule has 28 heavy (non-hydrogen) atoms. The Kier molecular flexibility index (Phi) is 5.24. The fraction of sp³-hybridized carbons (Fsp3) is 0.348. The SMILES string of the molecule is CCCCNC(=O)N1CCc2c([nH]c3ccc(OC)cc23)[C@H]1c1ccccc1. The van der Waals surface area contributed by atoms with Gasteiger partial charge in [0.15, 0.2) is 0 Å². The van der Waals surface area contributed by atoms with Crippen LogP contribution in [0.25, 0.3) is 10.9 Å². The van der Waals surface area contributed by atoms with Gasteiger partial charge in [0.25, 0.3) is 0 Å². The van der Waals surface area contributed by atoms with Crippen LogP contribution >= 0.6 is 0 Å². The van der Waals surface area contributed by atoms with Crippen molar-refractivity contribution in [3.63, 3.8) is 0 Å². The molecule has 1 aromatic heterocycles. The van der Waals surface area contributed by atoms with Crippen molar-refractivity contribution < 1.29 is 9.53 Å². The maximum absolute atomic E-state index is 13.0. The van der Waals surface area contributed by atoms with Crippen LogP contribution in [0.5, 0.6) is 5.75 Å². The van der Waals surface area contributed by atoms with Crippen molar-refractivity contribution in [2.24, 2.45) is 0 Å². The van der Waals surface area contributed by atoms with Gasteiger partial charge in [-0.05, 0) is 42.2 Å². The summed E-state index contributed by atoms with van der Waals surface area (Å²) in [5.74, 6) is 0.852. The lowest BCUT2D eigenvalue weighted by Gasteiger charge is -2.36. The molecule has 1 atom stereocenters. The second kappa shape index (κ2) is 7.97. The number of fused-ring (bicyclic) bond motifs is 3. The van der Waals surface area contributed by atoms with Crippen LogP contribution < -0.4 is 10.1 Å². The Morgan fingerprint density at radius 3 is 2.82 bits per heavy atom. The highest BCUT2D eigenvalue weighted by Crippen LogP contribution is 2.39. The first-order chi connectivity index (χ1) is 13.7. The van der Waals surface area contributed by atoms with Crippen LogP contribution in [-0.4, -0.2) is 36.1 Å². The van der Waals surface area contributed by atoms with Crippen LogP contribution in [-0.2, 0) is 6.42 Å². The summed E-state index contributed by atoms with van der Waals surface area (Å²) in [5, 5.41) is 4.27. The number of amides is 2. The number of nitrogens with one attached hydrogen (secondary N) is 2. The highest BCUT2D eigenvalue weighted by atomic mass is 16.5. The summed E-state index contributed by atoms with van der Waals surface area (Å²) in [5.41, 5.74) is 4.58. The molecule has 2 amide bonds. The van der Waals surface area contributed by atoms with Crippen molar-refractivity contribution in [1.29, 1.82) is 0 Å². The lowest BCUT2D eigenvalue weighted by atomic mass is 9.92. The maximum Gasteiger partial charge on any atom is 0.318 e. The van der Waals surface area contributed by atoms with Gasteiger partial charge >= 0.3 is 6.03 Å². The number of H-pyrrole nitrogens is 1. The first-order valence-corrected chi connectivity index (χ1v) is 10.0. The van der Waals surface area contributed by atoms with Gasteiger partial charge in [-0.2, -0.15) is 0 Å². The van der Waals surface area contributed by atoms with E-state index in [0.29, 0.717) is 13.1 Å². The predicted octanol–water partition coefficient (Wildman–Crippen LogP) is 4.63. The van der Waals surface area contributed by atoms with Crippen LogP contribution in [0.3, 0.4) is 0 Å². The minimum absolute atomic E-state index is 0.00388. The fourth-order valence-electron chi connectivity index (χ4n) is 4.07.